The average Bonchev–Trinajstić information content (AvgIpc) is 3.22. The van der Waals surface area contributed by atoms with Gasteiger partial charge in [0.2, 0.25) is 0 Å². The third-order valence-corrected chi connectivity index (χ3v) is 6.82. The van der Waals surface area contributed by atoms with E-state index in [-0.39, 0.29) is 11.4 Å². The molecule has 176 valence electrons. The summed E-state index contributed by atoms with van der Waals surface area (Å²) in [5.41, 5.74) is 4.09. The molecule has 0 bridgehead atoms. The van der Waals surface area contributed by atoms with E-state index in [1.807, 2.05) is 30.3 Å². The molecular formula is C26H31Cl2FN4. The number of hydrogen-bond acceptors (Lipinski definition) is 3. The molecule has 1 aliphatic heterocycles. The van der Waals surface area contributed by atoms with Gasteiger partial charge in [-0.25, -0.2) is 4.39 Å². The highest BCUT2D eigenvalue weighted by atomic mass is 35.5. The van der Waals surface area contributed by atoms with Gasteiger partial charge < -0.3 is 4.90 Å². The van der Waals surface area contributed by atoms with Crippen molar-refractivity contribution in [2.45, 2.75) is 39.2 Å². The van der Waals surface area contributed by atoms with Crippen LogP contribution in [0, 0.1) is 5.82 Å². The van der Waals surface area contributed by atoms with Crippen LogP contribution in [-0.4, -0.2) is 47.4 Å². The number of rotatable bonds is 6. The van der Waals surface area contributed by atoms with Crippen LogP contribution in [0.25, 0.3) is 11.3 Å². The second kappa shape index (κ2) is 10.0. The fraction of sp³-hybridized carbons (Fsp3) is 0.423. The third-order valence-electron chi connectivity index (χ3n) is 6.08. The van der Waals surface area contributed by atoms with Crippen molar-refractivity contribution >= 4 is 28.9 Å². The predicted molar refractivity (Wildman–Crippen MR) is 136 cm³/mol. The fourth-order valence-electron chi connectivity index (χ4n) is 4.29. The normalized spacial score (nSPS) is 15.3. The van der Waals surface area contributed by atoms with Crippen molar-refractivity contribution in [1.82, 2.24) is 14.7 Å². The van der Waals surface area contributed by atoms with Crippen molar-refractivity contribution in [3.05, 3.63) is 70.1 Å². The van der Waals surface area contributed by atoms with E-state index in [0.29, 0.717) is 10.0 Å². The largest absolute Gasteiger partial charge is 0.369 e. The molecule has 0 spiro atoms. The maximum Gasteiger partial charge on any atom is 0.123 e. The molecule has 1 fully saturated rings. The average molecular weight is 489 g/mol. The maximum atomic E-state index is 13.4. The standard InChI is InChI=1S/C26H31Cl2FN4/c1-26(2,3)33-25(19-6-8-20(29)9-7-19)17-21(30-33)5-4-12-31-13-15-32(16-14-31)22-10-11-23(27)24(28)18-22/h6-11,17-18H,4-5,12-16H2,1-3H3. The van der Waals surface area contributed by atoms with Gasteiger partial charge in [-0.1, -0.05) is 23.2 Å². The zero-order valence-corrected chi connectivity index (χ0v) is 21.0. The first-order valence-corrected chi connectivity index (χ1v) is 12.2. The zero-order valence-electron chi connectivity index (χ0n) is 19.5. The molecule has 0 N–H and O–H groups in total. The van der Waals surface area contributed by atoms with Gasteiger partial charge in [0.1, 0.15) is 5.82 Å². The smallest absolute Gasteiger partial charge is 0.123 e. The molecule has 1 aromatic heterocycles. The van der Waals surface area contributed by atoms with Crippen molar-refractivity contribution in [2.24, 2.45) is 0 Å². The Bertz CT molecular complexity index is 1080. The second-order valence-electron chi connectivity index (χ2n) is 9.64. The van der Waals surface area contributed by atoms with Crippen molar-refractivity contribution in [2.75, 3.05) is 37.6 Å². The van der Waals surface area contributed by atoms with Crippen molar-refractivity contribution in [1.29, 1.82) is 0 Å². The summed E-state index contributed by atoms with van der Waals surface area (Å²) in [6.07, 6.45) is 1.97. The van der Waals surface area contributed by atoms with E-state index in [9.17, 15) is 4.39 Å². The molecule has 1 aliphatic rings. The molecule has 1 saturated heterocycles. The van der Waals surface area contributed by atoms with Crippen LogP contribution in [0.3, 0.4) is 0 Å². The highest BCUT2D eigenvalue weighted by Gasteiger charge is 2.21. The van der Waals surface area contributed by atoms with Gasteiger partial charge >= 0.3 is 0 Å². The Hall–Kier alpha value is -2.08. The Morgan fingerprint density at radius 3 is 2.24 bits per heavy atom. The lowest BCUT2D eigenvalue weighted by atomic mass is 10.1. The van der Waals surface area contributed by atoms with Crippen LogP contribution in [0.2, 0.25) is 10.0 Å². The van der Waals surface area contributed by atoms with Crippen LogP contribution >= 0.6 is 23.2 Å². The van der Waals surface area contributed by atoms with Crippen LogP contribution in [0.15, 0.2) is 48.5 Å². The first-order chi connectivity index (χ1) is 15.7. The summed E-state index contributed by atoms with van der Waals surface area (Å²) in [5, 5.41) is 6.10. The Balaban J connectivity index is 1.33. The molecule has 7 heteroatoms. The Kier molecular flexibility index (Phi) is 7.32. The zero-order chi connectivity index (χ0) is 23.6. The Morgan fingerprint density at radius 1 is 0.909 bits per heavy atom. The van der Waals surface area contributed by atoms with Gasteiger partial charge in [0.15, 0.2) is 0 Å². The summed E-state index contributed by atoms with van der Waals surface area (Å²) in [4.78, 5) is 4.87. The van der Waals surface area contributed by atoms with Gasteiger partial charge in [-0.3, -0.25) is 9.58 Å². The molecular weight excluding hydrogens is 458 g/mol. The van der Waals surface area contributed by atoms with E-state index in [0.717, 1.165) is 68.2 Å². The van der Waals surface area contributed by atoms with Gasteiger partial charge in [-0.15, -0.1) is 0 Å². The molecule has 4 nitrogen and oxygen atoms in total. The third kappa shape index (κ3) is 5.89. The summed E-state index contributed by atoms with van der Waals surface area (Å²) in [6, 6.07) is 14.7. The van der Waals surface area contributed by atoms with E-state index < -0.39 is 0 Å². The second-order valence-corrected chi connectivity index (χ2v) is 10.5. The van der Waals surface area contributed by atoms with Crippen molar-refractivity contribution in [3.8, 4) is 11.3 Å². The van der Waals surface area contributed by atoms with Gasteiger partial charge in [-0.2, -0.15) is 5.10 Å². The Labute approximate surface area is 205 Å². The molecule has 0 amide bonds. The van der Waals surface area contributed by atoms with Gasteiger partial charge in [0.05, 0.1) is 27.0 Å². The van der Waals surface area contributed by atoms with Crippen LogP contribution < -0.4 is 4.90 Å². The van der Waals surface area contributed by atoms with Gasteiger partial charge in [-0.05, 0) is 88.7 Å². The van der Waals surface area contributed by atoms with Crippen LogP contribution in [0.1, 0.15) is 32.9 Å². The maximum absolute atomic E-state index is 13.4. The summed E-state index contributed by atoms with van der Waals surface area (Å²) in [7, 11) is 0. The lowest BCUT2D eigenvalue weighted by molar-refractivity contribution is 0.254. The molecule has 4 rings (SSSR count). The number of anilines is 1. The van der Waals surface area contributed by atoms with Gasteiger partial charge in [0, 0.05) is 37.4 Å². The minimum atomic E-state index is -0.222. The molecule has 0 unspecified atom stereocenters. The van der Waals surface area contributed by atoms with E-state index in [2.05, 4.69) is 41.3 Å². The van der Waals surface area contributed by atoms with Crippen LogP contribution in [0.5, 0.6) is 0 Å². The summed E-state index contributed by atoms with van der Waals surface area (Å²) in [6.45, 7) is 11.5. The lowest BCUT2D eigenvalue weighted by Crippen LogP contribution is -2.46. The molecule has 0 aliphatic carbocycles. The first kappa shape index (κ1) is 24.1. The van der Waals surface area contributed by atoms with Crippen molar-refractivity contribution in [3.63, 3.8) is 0 Å². The fourth-order valence-corrected chi connectivity index (χ4v) is 4.58. The topological polar surface area (TPSA) is 24.3 Å². The molecule has 0 atom stereocenters. The highest BCUT2D eigenvalue weighted by molar-refractivity contribution is 6.42. The van der Waals surface area contributed by atoms with E-state index in [1.165, 1.54) is 12.1 Å². The minimum absolute atomic E-state index is 0.150. The molecule has 3 aromatic rings. The quantitative estimate of drug-likeness (QED) is 0.395. The number of halogens is 3. The van der Waals surface area contributed by atoms with Crippen molar-refractivity contribution < 1.29 is 4.39 Å². The first-order valence-electron chi connectivity index (χ1n) is 11.5. The summed E-state index contributed by atoms with van der Waals surface area (Å²) in [5.74, 6) is -0.222. The highest BCUT2D eigenvalue weighted by Crippen LogP contribution is 2.29. The number of aryl methyl sites for hydroxylation is 1. The minimum Gasteiger partial charge on any atom is -0.369 e. The monoisotopic (exact) mass is 488 g/mol. The number of hydrogen-bond donors (Lipinski definition) is 0. The predicted octanol–water partition coefficient (Wildman–Crippen LogP) is 6.51. The summed E-state index contributed by atoms with van der Waals surface area (Å²) < 4.78 is 15.5. The molecule has 0 radical (unpaired) electrons. The number of benzene rings is 2. The molecule has 2 aromatic carbocycles. The lowest BCUT2D eigenvalue weighted by Gasteiger charge is -2.36. The van der Waals surface area contributed by atoms with E-state index in [1.54, 1.807) is 0 Å². The van der Waals surface area contributed by atoms with Crippen LogP contribution in [0.4, 0.5) is 10.1 Å². The van der Waals surface area contributed by atoms with E-state index >= 15 is 0 Å². The number of piperazine rings is 1. The van der Waals surface area contributed by atoms with E-state index in [4.69, 9.17) is 28.3 Å². The SMILES string of the molecule is CC(C)(C)n1nc(CCCN2CCN(c3ccc(Cl)c(Cl)c3)CC2)cc1-c1ccc(F)cc1. The number of nitrogens with zero attached hydrogens (tertiary/aromatic N) is 4. The number of aromatic nitrogens is 2. The molecule has 33 heavy (non-hydrogen) atoms. The Morgan fingerprint density at radius 2 is 1.61 bits per heavy atom. The molecule has 0 saturated carbocycles. The van der Waals surface area contributed by atoms with Crippen LogP contribution in [-0.2, 0) is 12.0 Å². The molecule has 2 heterocycles. The van der Waals surface area contributed by atoms with Gasteiger partial charge in [0.25, 0.3) is 0 Å². The summed E-state index contributed by atoms with van der Waals surface area (Å²) >= 11 is 12.2.